The second-order valence-electron chi connectivity index (χ2n) is 5.07. The Bertz CT molecular complexity index is 730. The average Bonchev–Trinajstić information content (AvgIpc) is 2.55. The lowest BCUT2D eigenvalue weighted by Crippen LogP contribution is -2.03. The molecule has 0 aromatic heterocycles. The van der Waals surface area contributed by atoms with Gasteiger partial charge in [0.2, 0.25) is 0 Å². The SMILES string of the molecule is COC(=O)CCc1cc(Br)c(OCc2cccc(N)c2Cl)c(Br)c1. The van der Waals surface area contributed by atoms with Crippen molar-refractivity contribution in [1.82, 2.24) is 0 Å². The number of carbonyl (C=O) groups excluding carboxylic acids is 1. The van der Waals surface area contributed by atoms with Crippen LogP contribution in [0.5, 0.6) is 5.75 Å². The number of nitrogens with two attached hydrogens (primary N) is 1. The minimum Gasteiger partial charge on any atom is -0.486 e. The molecule has 0 amide bonds. The van der Waals surface area contributed by atoms with Crippen LogP contribution in [0.2, 0.25) is 5.02 Å². The lowest BCUT2D eigenvalue weighted by Gasteiger charge is -2.13. The van der Waals surface area contributed by atoms with Crippen molar-refractivity contribution >= 4 is 55.1 Å². The Hall–Kier alpha value is -1.24. The summed E-state index contributed by atoms with van der Waals surface area (Å²) in [7, 11) is 1.38. The van der Waals surface area contributed by atoms with Crippen molar-refractivity contribution < 1.29 is 14.3 Å². The molecular weight excluding hydrogens is 461 g/mol. The van der Waals surface area contributed by atoms with Crippen LogP contribution in [0, 0.1) is 0 Å². The first kappa shape index (κ1) is 19.1. The summed E-state index contributed by atoms with van der Waals surface area (Å²) in [6.07, 6.45) is 0.916. The maximum atomic E-state index is 11.2. The molecule has 0 saturated carbocycles. The van der Waals surface area contributed by atoms with Crippen LogP contribution in [0.3, 0.4) is 0 Å². The highest BCUT2D eigenvalue weighted by Crippen LogP contribution is 2.36. The summed E-state index contributed by atoms with van der Waals surface area (Å²) >= 11 is 13.2. The third kappa shape index (κ3) is 4.88. The van der Waals surface area contributed by atoms with Crippen molar-refractivity contribution in [2.75, 3.05) is 12.8 Å². The first-order valence-electron chi connectivity index (χ1n) is 7.12. The van der Waals surface area contributed by atoms with Crippen LogP contribution in [0.1, 0.15) is 17.5 Å². The van der Waals surface area contributed by atoms with E-state index < -0.39 is 0 Å². The van der Waals surface area contributed by atoms with Crippen LogP contribution in [0.4, 0.5) is 5.69 Å². The van der Waals surface area contributed by atoms with E-state index in [4.69, 9.17) is 22.1 Å². The van der Waals surface area contributed by atoms with Gasteiger partial charge < -0.3 is 15.2 Å². The number of anilines is 1. The molecule has 0 spiro atoms. The van der Waals surface area contributed by atoms with Crippen LogP contribution >= 0.6 is 43.5 Å². The highest BCUT2D eigenvalue weighted by molar-refractivity contribution is 9.11. The van der Waals surface area contributed by atoms with Crippen molar-refractivity contribution in [3.63, 3.8) is 0 Å². The predicted octanol–water partition coefficient (Wildman–Crippen LogP) is 5.13. The first-order valence-corrected chi connectivity index (χ1v) is 9.09. The van der Waals surface area contributed by atoms with Crippen molar-refractivity contribution in [1.29, 1.82) is 0 Å². The Morgan fingerprint density at radius 2 is 1.92 bits per heavy atom. The van der Waals surface area contributed by atoms with Crippen LogP contribution in [-0.4, -0.2) is 13.1 Å². The monoisotopic (exact) mass is 475 g/mol. The molecule has 0 aliphatic rings. The summed E-state index contributed by atoms with van der Waals surface area (Å²) in [4.78, 5) is 11.2. The average molecular weight is 478 g/mol. The van der Waals surface area contributed by atoms with E-state index in [2.05, 4.69) is 36.6 Å². The molecule has 2 N–H and O–H groups in total. The van der Waals surface area contributed by atoms with Crippen molar-refractivity contribution in [2.45, 2.75) is 19.4 Å². The number of ether oxygens (including phenoxy) is 2. The largest absolute Gasteiger partial charge is 0.486 e. The second kappa shape index (κ2) is 8.74. The molecular formula is C17H16Br2ClNO3. The van der Waals surface area contributed by atoms with E-state index in [0.29, 0.717) is 35.9 Å². The van der Waals surface area contributed by atoms with Gasteiger partial charge in [-0.15, -0.1) is 0 Å². The molecule has 0 heterocycles. The van der Waals surface area contributed by atoms with Gasteiger partial charge in [0.05, 0.1) is 26.8 Å². The third-order valence-corrected chi connectivity index (χ3v) is 5.02. The van der Waals surface area contributed by atoms with Gasteiger partial charge in [0.1, 0.15) is 12.4 Å². The molecule has 128 valence electrons. The molecule has 0 atom stereocenters. The minimum atomic E-state index is -0.237. The number of rotatable bonds is 6. The summed E-state index contributed by atoms with van der Waals surface area (Å²) < 4.78 is 12.1. The molecule has 0 unspecified atom stereocenters. The number of benzene rings is 2. The molecule has 2 aromatic rings. The van der Waals surface area contributed by atoms with Crippen molar-refractivity contribution in [3.8, 4) is 5.75 Å². The van der Waals surface area contributed by atoms with Gasteiger partial charge in [0, 0.05) is 12.0 Å². The summed E-state index contributed by atoms with van der Waals surface area (Å²) in [5, 5.41) is 0.499. The number of nitrogen functional groups attached to an aromatic ring is 1. The van der Waals surface area contributed by atoms with E-state index in [1.54, 1.807) is 6.07 Å². The molecule has 7 heteroatoms. The van der Waals surface area contributed by atoms with Gasteiger partial charge in [0.25, 0.3) is 0 Å². The Morgan fingerprint density at radius 3 is 2.54 bits per heavy atom. The third-order valence-electron chi connectivity index (χ3n) is 3.38. The van der Waals surface area contributed by atoms with Crippen molar-refractivity contribution in [2.24, 2.45) is 0 Å². The van der Waals surface area contributed by atoms with E-state index in [1.165, 1.54) is 7.11 Å². The quantitative estimate of drug-likeness (QED) is 0.463. The highest BCUT2D eigenvalue weighted by Gasteiger charge is 2.12. The molecule has 2 aromatic carbocycles. The zero-order chi connectivity index (χ0) is 17.7. The topological polar surface area (TPSA) is 61.5 Å². The van der Waals surface area contributed by atoms with E-state index in [9.17, 15) is 4.79 Å². The highest BCUT2D eigenvalue weighted by atomic mass is 79.9. The van der Waals surface area contributed by atoms with Crippen LogP contribution < -0.4 is 10.5 Å². The van der Waals surface area contributed by atoms with E-state index in [1.807, 2.05) is 24.3 Å². The maximum absolute atomic E-state index is 11.2. The number of halogens is 3. The summed E-state index contributed by atoms with van der Waals surface area (Å²) in [5.74, 6) is 0.425. The molecule has 0 saturated heterocycles. The minimum absolute atomic E-state index is 0.237. The van der Waals surface area contributed by atoms with E-state index in [0.717, 1.165) is 20.1 Å². The predicted molar refractivity (Wildman–Crippen MR) is 102 cm³/mol. The zero-order valence-electron chi connectivity index (χ0n) is 12.9. The van der Waals surface area contributed by atoms with Gasteiger partial charge in [-0.2, -0.15) is 0 Å². The lowest BCUT2D eigenvalue weighted by atomic mass is 10.1. The van der Waals surface area contributed by atoms with E-state index in [-0.39, 0.29) is 5.97 Å². The zero-order valence-corrected chi connectivity index (χ0v) is 16.9. The molecule has 0 bridgehead atoms. The Balaban J connectivity index is 2.11. The second-order valence-corrected chi connectivity index (χ2v) is 7.16. The van der Waals surface area contributed by atoms with Crippen LogP contribution in [0.15, 0.2) is 39.3 Å². The summed E-state index contributed by atoms with van der Waals surface area (Å²) in [6, 6.07) is 9.28. The Labute approximate surface area is 162 Å². The van der Waals surface area contributed by atoms with Gasteiger partial charge in [0.15, 0.2) is 0 Å². The molecule has 4 nitrogen and oxygen atoms in total. The molecule has 0 aliphatic carbocycles. The molecule has 2 rings (SSSR count). The normalized spacial score (nSPS) is 10.5. The number of hydrogen-bond donors (Lipinski definition) is 1. The maximum Gasteiger partial charge on any atom is 0.305 e. The van der Waals surface area contributed by atoms with Gasteiger partial charge in [-0.3, -0.25) is 4.79 Å². The smallest absolute Gasteiger partial charge is 0.305 e. The number of aryl methyl sites for hydroxylation is 1. The lowest BCUT2D eigenvalue weighted by molar-refractivity contribution is -0.140. The fraction of sp³-hybridized carbons (Fsp3) is 0.235. The van der Waals surface area contributed by atoms with Gasteiger partial charge in [-0.1, -0.05) is 23.7 Å². The first-order chi connectivity index (χ1) is 11.4. The molecule has 0 aliphatic heterocycles. The Morgan fingerprint density at radius 1 is 1.25 bits per heavy atom. The number of hydrogen-bond acceptors (Lipinski definition) is 4. The van der Waals surface area contributed by atoms with Gasteiger partial charge >= 0.3 is 5.97 Å². The Kier molecular flexibility index (Phi) is 6.95. The fourth-order valence-electron chi connectivity index (χ4n) is 2.10. The molecule has 0 radical (unpaired) electrons. The standard InChI is InChI=1S/C17H16Br2ClNO3/c1-23-15(22)6-5-10-7-12(18)17(13(19)8-10)24-9-11-3-2-4-14(21)16(11)20/h2-4,7-8H,5-6,9,21H2,1H3. The van der Waals surface area contributed by atoms with Gasteiger partial charge in [-0.05, 0) is 62.0 Å². The van der Waals surface area contributed by atoms with Crippen LogP contribution in [0.25, 0.3) is 0 Å². The fourth-order valence-corrected chi connectivity index (χ4v) is 3.79. The summed E-state index contributed by atoms with van der Waals surface area (Å²) in [5.41, 5.74) is 8.12. The molecule has 0 fully saturated rings. The number of carbonyl (C=O) groups is 1. The van der Waals surface area contributed by atoms with Gasteiger partial charge in [-0.25, -0.2) is 0 Å². The van der Waals surface area contributed by atoms with E-state index >= 15 is 0 Å². The molecule has 24 heavy (non-hydrogen) atoms. The number of methoxy groups -OCH3 is 1. The van der Waals surface area contributed by atoms with Crippen LogP contribution in [-0.2, 0) is 22.6 Å². The summed E-state index contributed by atoms with van der Waals surface area (Å²) in [6.45, 7) is 0.294. The van der Waals surface area contributed by atoms with Crippen molar-refractivity contribution in [3.05, 3.63) is 55.4 Å². The number of esters is 1.